The number of likely N-dealkylation sites (tertiary alicyclic amines) is 1. The van der Waals surface area contributed by atoms with Crippen LogP contribution in [0.15, 0.2) is 42.7 Å². The maximum atomic E-state index is 12.8. The summed E-state index contributed by atoms with van der Waals surface area (Å²) in [6, 6.07) is 12.1. The number of hydrogen-bond acceptors (Lipinski definition) is 4. The van der Waals surface area contributed by atoms with E-state index in [0.717, 1.165) is 43.3 Å². The fourth-order valence-electron chi connectivity index (χ4n) is 4.21. The SMILES string of the molecule is CC1CC(C)CN(C(=O)C2CN(c3cc(-c4ccccc4)ncn3)C2)C1. The van der Waals surface area contributed by atoms with Gasteiger partial charge in [-0.15, -0.1) is 0 Å². The average Bonchev–Trinajstić information content (AvgIpc) is 2.60. The van der Waals surface area contributed by atoms with Gasteiger partial charge in [0.25, 0.3) is 0 Å². The Kier molecular flexibility index (Phi) is 4.62. The van der Waals surface area contributed by atoms with Gasteiger partial charge in [-0.2, -0.15) is 0 Å². The van der Waals surface area contributed by atoms with Gasteiger partial charge in [-0.25, -0.2) is 9.97 Å². The van der Waals surface area contributed by atoms with Gasteiger partial charge in [-0.3, -0.25) is 4.79 Å². The third-order valence-electron chi connectivity index (χ3n) is 5.46. The molecule has 2 saturated heterocycles. The van der Waals surface area contributed by atoms with E-state index in [-0.39, 0.29) is 5.92 Å². The average molecular weight is 350 g/mol. The van der Waals surface area contributed by atoms with Crippen LogP contribution >= 0.6 is 0 Å². The Morgan fingerprint density at radius 2 is 1.69 bits per heavy atom. The predicted octanol–water partition coefficient (Wildman–Crippen LogP) is 3.08. The number of piperidine rings is 1. The summed E-state index contributed by atoms with van der Waals surface area (Å²) in [5, 5.41) is 0. The standard InChI is InChI=1S/C21H26N4O/c1-15-8-16(2)11-25(10-15)21(26)18-12-24(13-18)20-9-19(22-14-23-20)17-6-4-3-5-7-17/h3-7,9,14-16,18H,8,10-13H2,1-2H3. The fraction of sp³-hybridized carbons (Fsp3) is 0.476. The summed E-state index contributed by atoms with van der Waals surface area (Å²) in [4.78, 5) is 25.8. The van der Waals surface area contributed by atoms with Crippen molar-refractivity contribution < 1.29 is 4.79 Å². The molecule has 0 aliphatic carbocycles. The predicted molar refractivity (Wildman–Crippen MR) is 103 cm³/mol. The first-order chi connectivity index (χ1) is 12.6. The van der Waals surface area contributed by atoms with E-state index in [2.05, 4.69) is 33.6 Å². The zero-order chi connectivity index (χ0) is 18.1. The van der Waals surface area contributed by atoms with Gasteiger partial charge in [0.2, 0.25) is 5.91 Å². The zero-order valence-corrected chi connectivity index (χ0v) is 15.5. The Hall–Kier alpha value is -2.43. The molecule has 1 amide bonds. The second-order valence-electron chi connectivity index (χ2n) is 7.92. The molecule has 2 aliphatic rings. The molecule has 2 atom stereocenters. The lowest BCUT2D eigenvalue weighted by Crippen LogP contribution is -2.56. The van der Waals surface area contributed by atoms with Gasteiger partial charge in [0, 0.05) is 37.8 Å². The van der Waals surface area contributed by atoms with Crippen LogP contribution in [0.2, 0.25) is 0 Å². The van der Waals surface area contributed by atoms with Gasteiger partial charge >= 0.3 is 0 Å². The van der Waals surface area contributed by atoms with Gasteiger partial charge in [0.05, 0.1) is 11.6 Å². The molecule has 136 valence electrons. The number of amides is 1. The van der Waals surface area contributed by atoms with Gasteiger partial charge in [-0.05, 0) is 18.3 Å². The van der Waals surface area contributed by atoms with Gasteiger partial charge in [0.15, 0.2) is 0 Å². The molecule has 2 unspecified atom stereocenters. The van der Waals surface area contributed by atoms with Crippen LogP contribution in [0.3, 0.4) is 0 Å². The zero-order valence-electron chi connectivity index (χ0n) is 15.5. The third kappa shape index (κ3) is 3.43. The lowest BCUT2D eigenvalue weighted by Gasteiger charge is -2.43. The molecule has 0 spiro atoms. The Labute approximate surface area is 155 Å². The van der Waals surface area contributed by atoms with Crippen LogP contribution in [0.5, 0.6) is 0 Å². The Balaban J connectivity index is 1.40. The summed E-state index contributed by atoms with van der Waals surface area (Å²) in [6.45, 7) is 7.81. The molecule has 0 radical (unpaired) electrons. The molecule has 0 N–H and O–H groups in total. The first-order valence-electron chi connectivity index (χ1n) is 9.51. The van der Waals surface area contributed by atoms with Crippen LogP contribution in [0.25, 0.3) is 11.3 Å². The Bertz CT molecular complexity index is 763. The van der Waals surface area contributed by atoms with Crippen molar-refractivity contribution in [2.75, 3.05) is 31.1 Å². The smallest absolute Gasteiger partial charge is 0.229 e. The molecule has 5 nitrogen and oxygen atoms in total. The topological polar surface area (TPSA) is 49.3 Å². The number of rotatable bonds is 3. The summed E-state index contributed by atoms with van der Waals surface area (Å²) in [7, 11) is 0. The molecule has 5 heteroatoms. The molecule has 4 rings (SSSR count). The summed E-state index contributed by atoms with van der Waals surface area (Å²) in [5.74, 6) is 2.53. The highest BCUT2D eigenvalue weighted by Gasteiger charge is 2.38. The number of carbonyl (C=O) groups is 1. The van der Waals surface area contributed by atoms with Crippen LogP contribution in [0.4, 0.5) is 5.82 Å². The van der Waals surface area contributed by atoms with Crippen molar-refractivity contribution >= 4 is 11.7 Å². The molecule has 0 bridgehead atoms. The highest BCUT2D eigenvalue weighted by molar-refractivity contribution is 5.82. The van der Waals surface area contributed by atoms with Crippen molar-refractivity contribution in [1.29, 1.82) is 0 Å². The number of hydrogen-bond donors (Lipinski definition) is 0. The summed E-state index contributed by atoms with van der Waals surface area (Å²) in [6.07, 6.45) is 2.84. The number of carbonyl (C=O) groups excluding carboxylic acids is 1. The third-order valence-corrected chi connectivity index (χ3v) is 5.46. The highest BCUT2D eigenvalue weighted by atomic mass is 16.2. The van der Waals surface area contributed by atoms with Gasteiger partial charge < -0.3 is 9.80 Å². The molecule has 1 aromatic carbocycles. The van der Waals surface area contributed by atoms with Crippen LogP contribution in [0.1, 0.15) is 20.3 Å². The molecule has 26 heavy (non-hydrogen) atoms. The van der Waals surface area contributed by atoms with Crippen molar-refractivity contribution in [2.24, 2.45) is 17.8 Å². The molecular weight excluding hydrogens is 324 g/mol. The molecule has 2 aromatic rings. The monoisotopic (exact) mass is 350 g/mol. The van der Waals surface area contributed by atoms with E-state index >= 15 is 0 Å². The van der Waals surface area contributed by atoms with Crippen molar-refractivity contribution in [3.63, 3.8) is 0 Å². The Morgan fingerprint density at radius 1 is 1.00 bits per heavy atom. The number of aromatic nitrogens is 2. The number of benzene rings is 1. The van der Waals surface area contributed by atoms with E-state index in [0.29, 0.717) is 17.7 Å². The van der Waals surface area contributed by atoms with E-state index < -0.39 is 0 Å². The molecule has 2 fully saturated rings. The first-order valence-corrected chi connectivity index (χ1v) is 9.51. The van der Waals surface area contributed by atoms with Crippen LogP contribution < -0.4 is 4.90 Å². The van der Waals surface area contributed by atoms with Crippen LogP contribution in [-0.4, -0.2) is 47.0 Å². The van der Waals surface area contributed by atoms with E-state index in [1.807, 2.05) is 36.4 Å². The fourth-order valence-corrected chi connectivity index (χ4v) is 4.21. The largest absolute Gasteiger partial charge is 0.355 e. The van der Waals surface area contributed by atoms with E-state index in [9.17, 15) is 4.79 Å². The number of anilines is 1. The minimum absolute atomic E-state index is 0.0997. The quantitative estimate of drug-likeness (QED) is 0.854. The Morgan fingerprint density at radius 3 is 2.38 bits per heavy atom. The molecule has 2 aliphatic heterocycles. The van der Waals surface area contributed by atoms with Gasteiger partial charge in [-0.1, -0.05) is 44.2 Å². The van der Waals surface area contributed by atoms with E-state index in [1.165, 1.54) is 6.42 Å². The van der Waals surface area contributed by atoms with Crippen LogP contribution in [-0.2, 0) is 4.79 Å². The van der Waals surface area contributed by atoms with E-state index in [1.54, 1.807) is 6.33 Å². The summed E-state index contributed by atoms with van der Waals surface area (Å²) >= 11 is 0. The minimum Gasteiger partial charge on any atom is -0.355 e. The lowest BCUT2D eigenvalue weighted by atomic mass is 9.89. The normalized spacial score (nSPS) is 23.6. The molecule has 0 saturated carbocycles. The van der Waals surface area contributed by atoms with Gasteiger partial charge in [0.1, 0.15) is 12.1 Å². The van der Waals surface area contributed by atoms with Crippen molar-refractivity contribution in [1.82, 2.24) is 14.9 Å². The second-order valence-corrected chi connectivity index (χ2v) is 7.92. The van der Waals surface area contributed by atoms with Crippen molar-refractivity contribution in [3.05, 3.63) is 42.7 Å². The van der Waals surface area contributed by atoms with Crippen molar-refractivity contribution in [3.8, 4) is 11.3 Å². The lowest BCUT2D eigenvalue weighted by molar-refractivity contribution is -0.139. The second kappa shape index (κ2) is 7.06. The molecular formula is C21H26N4O. The first kappa shape index (κ1) is 17.0. The van der Waals surface area contributed by atoms with E-state index in [4.69, 9.17) is 0 Å². The maximum absolute atomic E-state index is 12.8. The minimum atomic E-state index is 0.0997. The molecule has 1 aromatic heterocycles. The molecule has 3 heterocycles. The van der Waals surface area contributed by atoms with Crippen molar-refractivity contribution in [2.45, 2.75) is 20.3 Å². The summed E-state index contributed by atoms with van der Waals surface area (Å²) < 4.78 is 0. The van der Waals surface area contributed by atoms with Crippen LogP contribution in [0, 0.1) is 17.8 Å². The number of nitrogens with zero attached hydrogens (tertiary/aromatic N) is 4. The maximum Gasteiger partial charge on any atom is 0.229 e. The highest BCUT2D eigenvalue weighted by Crippen LogP contribution is 2.29. The summed E-state index contributed by atoms with van der Waals surface area (Å²) in [5.41, 5.74) is 2.00.